The van der Waals surface area contributed by atoms with Crippen molar-refractivity contribution in [2.45, 2.75) is 105 Å². The van der Waals surface area contributed by atoms with Crippen LogP contribution in [-0.2, 0) is 41.1 Å². The van der Waals surface area contributed by atoms with Gasteiger partial charge in [0.2, 0.25) is 0 Å². The van der Waals surface area contributed by atoms with E-state index in [0.29, 0.717) is 0 Å². The first-order valence-electron chi connectivity index (χ1n) is 19.8. The second-order valence-corrected chi connectivity index (χ2v) is 19.9. The molecule has 0 fully saturated rings. The Morgan fingerprint density at radius 1 is 0.316 bits per heavy atom. The molecule has 4 aromatic heterocycles. The summed E-state index contributed by atoms with van der Waals surface area (Å²) in [5.41, 5.74) is 4.87. The molecule has 8 bridgehead atoms. The maximum atomic E-state index is 5.32. The number of hydrogen-bond donors (Lipinski definition) is 6. The van der Waals surface area contributed by atoms with E-state index in [1.165, 1.54) is 22.3 Å². The Balaban J connectivity index is 0.00000455. The van der Waals surface area contributed by atoms with Crippen LogP contribution in [0.4, 0.5) is 46.5 Å². The van der Waals surface area contributed by atoms with Crippen molar-refractivity contribution in [3.63, 3.8) is 0 Å². The third-order valence-electron chi connectivity index (χ3n) is 11.6. The van der Waals surface area contributed by atoms with Gasteiger partial charge in [-0.3, -0.25) is 0 Å². The molecule has 9 heteroatoms. The van der Waals surface area contributed by atoms with Crippen LogP contribution in [0.2, 0.25) is 0 Å². The van der Waals surface area contributed by atoms with E-state index in [4.69, 9.17) is 9.97 Å². The van der Waals surface area contributed by atoms with Gasteiger partial charge in [0, 0.05) is 44.8 Å². The van der Waals surface area contributed by atoms with Crippen molar-refractivity contribution in [3.05, 3.63) is 95.1 Å². The van der Waals surface area contributed by atoms with E-state index in [1.807, 2.05) is 0 Å². The minimum absolute atomic E-state index is 0. The Bertz CT molecular complexity index is 2460. The SMILES string of the molecule is CC(C)(C)c1ccc2c3[n-]c(c2c1)Nc1[nH]c(c2cc(C(C)(C)C)ccc12)Nc1[n-]c(c2cc(C(C)(C)C)ccc12)Nc1[nH]c(c2cc(C(C)(C)C)ccc12)N3.[Zn+2]. The van der Waals surface area contributed by atoms with Crippen LogP contribution in [0.5, 0.6) is 0 Å². The van der Waals surface area contributed by atoms with Gasteiger partial charge in [0.1, 0.15) is 0 Å². The van der Waals surface area contributed by atoms with Crippen LogP contribution in [0, 0.1) is 0 Å². The first-order valence-corrected chi connectivity index (χ1v) is 19.8. The molecular formula is C48H54N8Zn. The maximum absolute atomic E-state index is 5.32. The third-order valence-corrected chi connectivity index (χ3v) is 11.6. The standard InChI is InChI=1S/C48H54N8.Zn/c1-45(2,3)25-13-17-29-33(21-25)41-49-37(29)54-42-35-23-27(47(7,8)9)15-19-31(35)39(51-42)56-44-36-24-28(48(10,11)12)16-20-32(36)40(52-44)55-43-34-22-26(46(4,5)6)14-18-30(34)38(50-43)53-41;/h13-24,49,52-56H,1-12H3;/q-2;+2. The van der Waals surface area contributed by atoms with Crippen LogP contribution in [0.3, 0.4) is 0 Å². The summed E-state index contributed by atoms with van der Waals surface area (Å²) in [6.45, 7) is 27.1. The van der Waals surface area contributed by atoms with Crippen LogP contribution in [0.25, 0.3) is 43.1 Å². The largest absolute Gasteiger partial charge is 2.00 e. The van der Waals surface area contributed by atoms with Gasteiger partial charge in [0.05, 0.1) is 23.3 Å². The van der Waals surface area contributed by atoms with Crippen molar-refractivity contribution in [2.75, 3.05) is 21.3 Å². The number of H-pyrrole nitrogens is 2. The number of fused-ring (bicyclic) bond motifs is 20. The number of nitrogens with zero attached hydrogens (tertiary/aromatic N) is 2. The summed E-state index contributed by atoms with van der Waals surface area (Å²) >= 11 is 0. The minimum atomic E-state index is -0.0353. The molecule has 0 amide bonds. The predicted octanol–water partition coefficient (Wildman–Crippen LogP) is 13.3. The van der Waals surface area contributed by atoms with E-state index in [-0.39, 0.29) is 41.1 Å². The average molecular weight is 808 g/mol. The summed E-state index contributed by atoms with van der Waals surface area (Å²) in [6, 6.07) is 27.0. The number of aromatic nitrogens is 4. The van der Waals surface area contributed by atoms with Crippen molar-refractivity contribution in [2.24, 2.45) is 0 Å². The first-order chi connectivity index (χ1) is 26.2. The summed E-state index contributed by atoms with van der Waals surface area (Å²) in [5, 5.41) is 23.7. The average Bonchev–Trinajstić information content (AvgIpc) is 3.84. The first kappa shape index (κ1) is 38.7. The molecule has 1 aliphatic heterocycles. The van der Waals surface area contributed by atoms with Crippen LogP contribution in [0.1, 0.15) is 105 Å². The van der Waals surface area contributed by atoms with Crippen LogP contribution >= 0.6 is 0 Å². The zero-order valence-corrected chi connectivity index (χ0v) is 38.5. The molecule has 4 aromatic carbocycles. The molecule has 6 N–H and O–H groups in total. The second kappa shape index (κ2) is 12.9. The number of hydrogen-bond acceptors (Lipinski definition) is 4. The van der Waals surface area contributed by atoms with Gasteiger partial charge in [-0.2, -0.15) is 0 Å². The van der Waals surface area contributed by atoms with E-state index < -0.39 is 0 Å². The normalized spacial score (nSPS) is 13.7. The van der Waals surface area contributed by atoms with Crippen molar-refractivity contribution >= 4 is 89.6 Å². The number of rotatable bonds is 0. The third kappa shape index (κ3) is 6.68. The molecule has 8 aromatic rings. The Labute approximate surface area is 348 Å². The Kier molecular flexibility index (Phi) is 8.79. The van der Waals surface area contributed by atoms with Crippen molar-refractivity contribution < 1.29 is 19.5 Å². The summed E-state index contributed by atoms with van der Waals surface area (Å²) in [6.07, 6.45) is 0. The van der Waals surface area contributed by atoms with E-state index in [1.54, 1.807) is 0 Å². The van der Waals surface area contributed by atoms with Crippen molar-refractivity contribution in [1.29, 1.82) is 0 Å². The quantitative estimate of drug-likeness (QED) is 0.0852. The fourth-order valence-corrected chi connectivity index (χ4v) is 7.93. The zero-order valence-electron chi connectivity index (χ0n) is 35.5. The van der Waals surface area contributed by atoms with Crippen molar-refractivity contribution in [1.82, 2.24) is 19.9 Å². The molecule has 57 heavy (non-hydrogen) atoms. The fraction of sp³-hybridized carbons (Fsp3) is 0.333. The van der Waals surface area contributed by atoms with Gasteiger partial charge in [0.15, 0.2) is 0 Å². The Morgan fingerprint density at radius 2 is 0.561 bits per heavy atom. The molecule has 1 aliphatic rings. The van der Waals surface area contributed by atoms with Gasteiger partial charge in [-0.05, 0) is 89.7 Å². The monoisotopic (exact) mass is 806 g/mol. The molecule has 0 radical (unpaired) electrons. The molecule has 0 saturated heterocycles. The molecular weight excluding hydrogens is 754 g/mol. The molecule has 0 aliphatic carbocycles. The zero-order chi connectivity index (χ0) is 39.7. The fourth-order valence-electron chi connectivity index (χ4n) is 7.93. The van der Waals surface area contributed by atoms with Crippen LogP contribution in [0.15, 0.2) is 72.8 Å². The molecule has 288 valence electrons. The number of aromatic amines is 2. The van der Waals surface area contributed by atoms with E-state index >= 15 is 0 Å². The summed E-state index contributed by atoms with van der Waals surface area (Å²) in [7, 11) is 0. The molecule has 0 saturated carbocycles. The summed E-state index contributed by atoms with van der Waals surface area (Å²) in [5.74, 6) is 6.62. The number of benzene rings is 4. The predicted molar refractivity (Wildman–Crippen MR) is 239 cm³/mol. The summed E-state index contributed by atoms with van der Waals surface area (Å²) < 4.78 is 0. The molecule has 5 heterocycles. The second-order valence-electron chi connectivity index (χ2n) is 19.9. The van der Waals surface area contributed by atoms with Gasteiger partial charge in [-0.25, -0.2) is 0 Å². The number of nitrogens with one attached hydrogen (secondary N) is 6. The summed E-state index contributed by atoms with van der Waals surface area (Å²) in [4.78, 5) is 18.2. The van der Waals surface area contributed by atoms with Gasteiger partial charge < -0.3 is 41.2 Å². The number of anilines is 8. The van der Waals surface area contributed by atoms with Gasteiger partial charge >= 0.3 is 19.5 Å². The van der Waals surface area contributed by atoms with Gasteiger partial charge in [-0.15, -0.1) is 0 Å². The van der Waals surface area contributed by atoms with E-state index in [2.05, 4.69) is 187 Å². The van der Waals surface area contributed by atoms with Crippen LogP contribution < -0.4 is 31.2 Å². The van der Waals surface area contributed by atoms with Gasteiger partial charge in [0.25, 0.3) is 0 Å². The molecule has 0 atom stereocenters. The molecule has 0 spiro atoms. The van der Waals surface area contributed by atoms with E-state index in [9.17, 15) is 0 Å². The smallest absolute Gasteiger partial charge is 0.400 e. The van der Waals surface area contributed by atoms with Crippen LogP contribution in [-0.4, -0.2) is 9.97 Å². The van der Waals surface area contributed by atoms with Crippen molar-refractivity contribution in [3.8, 4) is 0 Å². The minimum Gasteiger partial charge on any atom is -0.400 e. The Hall–Kier alpha value is -5.14. The molecule has 9 rings (SSSR count). The maximum Gasteiger partial charge on any atom is 2.00 e. The molecule has 8 nitrogen and oxygen atoms in total. The van der Waals surface area contributed by atoms with E-state index in [0.717, 1.165) is 89.6 Å². The van der Waals surface area contributed by atoms with Gasteiger partial charge in [-0.1, -0.05) is 132 Å². The topological polar surface area (TPSA) is 108 Å². The molecule has 0 unspecified atom stereocenters. The Morgan fingerprint density at radius 3 is 0.860 bits per heavy atom.